The maximum absolute atomic E-state index is 3.64. The Morgan fingerprint density at radius 3 is 2.43 bits per heavy atom. The van der Waals surface area contributed by atoms with Crippen LogP contribution in [-0.2, 0) is 0 Å². The summed E-state index contributed by atoms with van der Waals surface area (Å²) in [5.74, 6) is 0. The third-order valence-electron chi connectivity index (χ3n) is 0.366. The van der Waals surface area contributed by atoms with Crippen LogP contribution in [0.5, 0.6) is 0 Å². The van der Waals surface area contributed by atoms with Crippen molar-refractivity contribution < 1.29 is 0 Å². The van der Waals surface area contributed by atoms with Crippen molar-refractivity contribution in [3.63, 3.8) is 0 Å². The fraction of sp³-hybridized carbons (Fsp3) is 0. The van der Waals surface area contributed by atoms with Gasteiger partial charge in [0.1, 0.15) is 16.1 Å². The van der Waals surface area contributed by atoms with E-state index in [0.29, 0.717) is 4.73 Å². The summed E-state index contributed by atoms with van der Waals surface area (Å²) in [4.78, 5) is 0. The summed E-state index contributed by atoms with van der Waals surface area (Å²) in [5, 5.41) is 10.6. The minimum absolute atomic E-state index is 0.476. The molecule has 0 spiro atoms. The molecule has 0 amide bonds. The molecule has 1 heterocycles. The Balaban J connectivity index is 3.04. The van der Waals surface area contributed by atoms with Crippen LogP contribution in [0.1, 0.15) is 0 Å². The zero-order valence-electron chi connectivity index (χ0n) is 3.04. The van der Waals surface area contributed by atoms with Crippen LogP contribution in [0.15, 0.2) is 4.73 Å². The van der Waals surface area contributed by atoms with E-state index < -0.39 is 0 Å². The SMILES string of the molecule is Brc1nnn(Br)n1. The van der Waals surface area contributed by atoms with Crippen LogP contribution >= 0.6 is 32.1 Å². The van der Waals surface area contributed by atoms with Gasteiger partial charge in [0, 0.05) is 0 Å². The molecule has 0 fully saturated rings. The molecule has 0 aliphatic heterocycles. The van der Waals surface area contributed by atoms with Crippen molar-refractivity contribution >= 4 is 32.1 Å². The van der Waals surface area contributed by atoms with Gasteiger partial charge in [0.05, 0.1) is 0 Å². The highest BCUT2D eigenvalue weighted by molar-refractivity contribution is 9.10. The van der Waals surface area contributed by atoms with Crippen molar-refractivity contribution in [1.29, 1.82) is 0 Å². The van der Waals surface area contributed by atoms with E-state index in [1.54, 1.807) is 0 Å². The second kappa shape index (κ2) is 1.87. The normalized spacial score (nSPS) is 9.43. The van der Waals surface area contributed by atoms with Crippen LogP contribution in [-0.4, -0.2) is 19.2 Å². The Bertz CT molecular complexity index is 142. The van der Waals surface area contributed by atoms with Crippen molar-refractivity contribution in [3.05, 3.63) is 4.73 Å². The third kappa shape index (κ3) is 1.20. The molecule has 0 saturated heterocycles. The van der Waals surface area contributed by atoms with Crippen LogP contribution in [0.3, 0.4) is 0 Å². The molecule has 0 aliphatic rings. The summed E-state index contributed by atoms with van der Waals surface area (Å²) in [6.45, 7) is 0. The van der Waals surface area contributed by atoms with Gasteiger partial charge in [-0.15, -0.1) is 10.2 Å². The molecule has 0 unspecified atom stereocenters. The maximum Gasteiger partial charge on any atom is 0.240 e. The van der Waals surface area contributed by atoms with Crippen molar-refractivity contribution in [3.8, 4) is 0 Å². The molecule has 4 nitrogen and oxygen atoms in total. The number of nitrogens with zero attached hydrogens (tertiary/aromatic N) is 4. The standard InChI is InChI=1S/CBr2N4/c2-1-4-6-7(3)5-1. The molecular formula is CBr2N4. The molecule has 0 atom stereocenters. The first-order chi connectivity index (χ1) is 3.29. The largest absolute Gasteiger partial charge is 0.240 e. The summed E-state index contributed by atoms with van der Waals surface area (Å²) in [5.41, 5.74) is 0. The van der Waals surface area contributed by atoms with Gasteiger partial charge in [-0.05, 0) is 21.1 Å². The van der Waals surface area contributed by atoms with Crippen molar-refractivity contribution in [2.24, 2.45) is 0 Å². The van der Waals surface area contributed by atoms with Crippen molar-refractivity contribution in [2.75, 3.05) is 0 Å². The first-order valence-electron chi connectivity index (χ1n) is 1.41. The predicted octanol–water partition coefficient (Wildman–Crippen LogP) is 0.594. The van der Waals surface area contributed by atoms with Crippen LogP contribution in [0.2, 0.25) is 0 Å². The molecule has 7 heavy (non-hydrogen) atoms. The Morgan fingerprint density at radius 2 is 2.29 bits per heavy atom. The molecule has 1 aromatic rings. The minimum atomic E-state index is 0.476. The highest BCUT2D eigenvalue weighted by Crippen LogP contribution is 1.96. The minimum Gasteiger partial charge on any atom is -0.112 e. The zero-order valence-corrected chi connectivity index (χ0v) is 6.22. The molecule has 0 saturated carbocycles. The van der Waals surface area contributed by atoms with E-state index in [9.17, 15) is 0 Å². The van der Waals surface area contributed by atoms with Crippen molar-refractivity contribution in [2.45, 2.75) is 0 Å². The molecule has 0 N–H and O–H groups in total. The van der Waals surface area contributed by atoms with Crippen LogP contribution in [0.4, 0.5) is 0 Å². The number of hydrogen-bond acceptors (Lipinski definition) is 3. The van der Waals surface area contributed by atoms with Gasteiger partial charge in [-0.1, -0.05) is 3.82 Å². The molecule has 0 bridgehead atoms. The Labute approximate surface area is 56.4 Å². The smallest absolute Gasteiger partial charge is 0.112 e. The lowest BCUT2D eigenvalue weighted by molar-refractivity contribution is 0.834. The molecular weight excluding hydrogens is 228 g/mol. The average molecular weight is 228 g/mol. The zero-order chi connectivity index (χ0) is 5.28. The second-order valence-corrected chi connectivity index (χ2v) is 2.14. The van der Waals surface area contributed by atoms with E-state index >= 15 is 0 Å². The van der Waals surface area contributed by atoms with Gasteiger partial charge in [-0.2, -0.15) is 0 Å². The number of halogens is 2. The van der Waals surface area contributed by atoms with Gasteiger partial charge < -0.3 is 0 Å². The van der Waals surface area contributed by atoms with Gasteiger partial charge in [0.2, 0.25) is 4.73 Å². The number of tetrazole rings is 1. The van der Waals surface area contributed by atoms with Crippen LogP contribution < -0.4 is 0 Å². The molecule has 0 aromatic carbocycles. The van der Waals surface area contributed by atoms with E-state index in [4.69, 9.17) is 0 Å². The van der Waals surface area contributed by atoms with Gasteiger partial charge >= 0.3 is 0 Å². The predicted molar refractivity (Wildman–Crippen MR) is 29.8 cm³/mol. The first-order valence-corrected chi connectivity index (χ1v) is 2.91. The molecule has 0 aliphatic carbocycles. The summed E-state index contributed by atoms with van der Waals surface area (Å²) in [6.07, 6.45) is 0. The maximum atomic E-state index is 3.64. The number of hydrogen-bond donors (Lipinski definition) is 0. The molecule has 1 aromatic heterocycles. The van der Waals surface area contributed by atoms with Gasteiger partial charge in [-0.25, -0.2) is 0 Å². The third-order valence-corrected chi connectivity index (χ3v) is 0.984. The molecule has 0 radical (unpaired) electrons. The Morgan fingerprint density at radius 1 is 1.57 bits per heavy atom. The van der Waals surface area contributed by atoms with Gasteiger partial charge in [0.15, 0.2) is 0 Å². The Hall–Kier alpha value is 0.0300. The monoisotopic (exact) mass is 226 g/mol. The fourth-order valence-corrected chi connectivity index (χ4v) is 0.837. The lowest BCUT2D eigenvalue weighted by Gasteiger charge is -1.68. The first kappa shape index (κ1) is 5.17. The average Bonchev–Trinajstić information content (AvgIpc) is 1.87. The van der Waals surface area contributed by atoms with E-state index in [-0.39, 0.29) is 0 Å². The van der Waals surface area contributed by atoms with Crippen LogP contribution in [0.25, 0.3) is 0 Å². The highest BCUT2D eigenvalue weighted by atomic mass is 79.9. The number of rotatable bonds is 0. The van der Waals surface area contributed by atoms with Gasteiger partial charge in [-0.3, -0.25) is 0 Å². The van der Waals surface area contributed by atoms with Crippen molar-refractivity contribution in [1.82, 2.24) is 19.2 Å². The topological polar surface area (TPSA) is 43.6 Å². The summed E-state index contributed by atoms with van der Waals surface area (Å²) in [7, 11) is 0. The lowest BCUT2D eigenvalue weighted by Crippen LogP contribution is -1.81. The van der Waals surface area contributed by atoms with Gasteiger partial charge in [0.25, 0.3) is 0 Å². The molecule has 6 heteroatoms. The van der Waals surface area contributed by atoms with Crippen LogP contribution in [0, 0.1) is 0 Å². The van der Waals surface area contributed by atoms with E-state index in [1.165, 1.54) is 3.82 Å². The highest BCUT2D eigenvalue weighted by Gasteiger charge is 1.89. The fourth-order valence-electron chi connectivity index (χ4n) is 0.182. The second-order valence-electron chi connectivity index (χ2n) is 0.799. The summed E-state index contributed by atoms with van der Waals surface area (Å²) >= 11 is 5.93. The van der Waals surface area contributed by atoms with E-state index in [2.05, 4.69) is 47.5 Å². The quantitative estimate of drug-likeness (QED) is 0.652. The summed E-state index contributed by atoms with van der Waals surface area (Å²) < 4.78 is 1.67. The summed E-state index contributed by atoms with van der Waals surface area (Å²) in [6, 6.07) is 0. The lowest BCUT2D eigenvalue weighted by atomic mass is 11.4. The van der Waals surface area contributed by atoms with E-state index in [1.807, 2.05) is 0 Å². The molecule has 38 valence electrons. The number of aromatic nitrogens is 4. The van der Waals surface area contributed by atoms with E-state index in [0.717, 1.165) is 0 Å². The Kier molecular flexibility index (Phi) is 1.38. The molecule has 1 rings (SSSR count).